The van der Waals surface area contributed by atoms with Crippen LogP contribution < -0.4 is 5.32 Å². The van der Waals surface area contributed by atoms with E-state index >= 15 is 0 Å². The second kappa shape index (κ2) is 6.61. The molecule has 4 aliphatic rings. The van der Waals surface area contributed by atoms with Crippen LogP contribution in [0.2, 0.25) is 0 Å². The molecule has 6 rings (SSSR count). The molecule has 0 saturated heterocycles. The highest BCUT2D eigenvalue weighted by atomic mass is 16.5. The highest BCUT2D eigenvalue weighted by Gasteiger charge is 2.55. The third-order valence-corrected chi connectivity index (χ3v) is 7.17. The Bertz CT molecular complexity index is 894. The van der Waals surface area contributed by atoms with Crippen molar-refractivity contribution in [1.29, 1.82) is 0 Å². The Kier molecular flexibility index (Phi) is 4.18. The number of ether oxygens (including phenoxy) is 1. The molecular weight excluding hydrogens is 350 g/mol. The summed E-state index contributed by atoms with van der Waals surface area (Å²) < 4.78 is 5.73. The molecule has 1 atom stereocenters. The number of rotatable bonds is 4. The van der Waals surface area contributed by atoms with Gasteiger partial charge in [0.25, 0.3) is 5.91 Å². The lowest BCUT2D eigenvalue weighted by Gasteiger charge is -2.55. The molecule has 0 unspecified atom stereocenters. The standard InChI is InChI=1S/C24H27NO3/c1-15(22(26)25-21-8-4-6-19-5-2-3-7-20(19)21)28-23(27)24-12-16-9-17(13-24)11-18(10-16)14-24/h2-8,15-18H,9-14H2,1H3,(H,25,26)/t15-,16?,17?,18?,24?/m0/s1. The molecule has 4 heteroatoms. The van der Waals surface area contributed by atoms with Crippen LogP contribution >= 0.6 is 0 Å². The van der Waals surface area contributed by atoms with Gasteiger partial charge in [-0.2, -0.15) is 0 Å². The zero-order valence-corrected chi connectivity index (χ0v) is 16.3. The lowest BCUT2D eigenvalue weighted by Crippen LogP contribution is -2.51. The summed E-state index contributed by atoms with van der Waals surface area (Å²) in [6.07, 6.45) is 5.91. The first-order chi connectivity index (χ1) is 13.5. The van der Waals surface area contributed by atoms with E-state index in [1.165, 1.54) is 19.3 Å². The van der Waals surface area contributed by atoms with Crippen LogP contribution in [0.15, 0.2) is 42.5 Å². The van der Waals surface area contributed by atoms with Crippen LogP contribution in [-0.4, -0.2) is 18.0 Å². The molecule has 0 aliphatic heterocycles. The maximum Gasteiger partial charge on any atom is 0.312 e. The minimum atomic E-state index is -0.792. The maximum atomic E-state index is 13.1. The fraction of sp³-hybridized carbons (Fsp3) is 0.500. The summed E-state index contributed by atoms with van der Waals surface area (Å²) in [5, 5.41) is 5.00. The van der Waals surface area contributed by atoms with Gasteiger partial charge in [-0.15, -0.1) is 0 Å². The number of carbonyl (C=O) groups excluding carboxylic acids is 2. The predicted molar refractivity (Wildman–Crippen MR) is 109 cm³/mol. The lowest BCUT2D eigenvalue weighted by atomic mass is 9.49. The van der Waals surface area contributed by atoms with E-state index in [0.29, 0.717) is 17.8 Å². The number of esters is 1. The molecule has 4 fully saturated rings. The van der Waals surface area contributed by atoms with Crippen LogP contribution in [-0.2, 0) is 14.3 Å². The van der Waals surface area contributed by atoms with Crippen LogP contribution in [0.3, 0.4) is 0 Å². The number of hydrogen-bond donors (Lipinski definition) is 1. The van der Waals surface area contributed by atoms with E-state index in [1.807, 2.05) is 42.5 Å². The first-order valence-corrected chi connectivity index (χ1v) is 10.5. The summed E-state index contributed by atoms with van der Waals surface area (Å²) in [6, 6.07) is 13.7. The Hall–Kier alpha value is -2.36. The van der Waals surface area contributed by atoms with E-state index in [4.69, 9.17) is 4.74 Å². The van der Waals surface area contributed by atoms with Gasteiger partial charge in [0.2, 0.25) is 0 Å². The zero-order valence-electron chi connectivity index (χ0n) is 16.3. The number of fused-ring (bicyclic) bond motifs is 1. The Morgan fingerprint density at radius 3 is 2.25 bits per heavy atom. The second-order valence-electron chi connectivity index (χ2n) is 9.26. The third kappa shape index (κ3) is 2.99. The molecule has 1 amide bonds. The van der Waals surface area contributed by atoms with Crippen molar-refractivity contribution in [3.8, 4) is 0 Å². The van der Waals surface area contributed by atoms with E-state index in [9.17, 15) is 9.59 Å². The van der Waals surface area contributed by atoms with Crippen molar-refractivity contribution in [2.75, 3.05) is 5.32 Å². The average Bonchev–Trinajstić information content (AvgIpc) is 2.67. The topological polar surface area (TPSA) is 55.4 Å². The van der Waals surface area contributed by atoms with E-state index in [1.54, 1.807) is 6.92 Å². The highest BCUT2D eigenvalue weighted by molar-refractivity contribution is 6.03. The van der Waals surface area contributed by atoms with Gasteiger partial charge in [0.15, 0.2) is 6.10 Å². The fourth-order valence-corrected chi connectivity index (χ4v) is 6.27. The molecule has 0 aromatic heterocycles. The summed E-state index contributed by atoms with van der Waals surface area (Å²) >= 11 is 0. The first kappa shape index (κ1) is 17.7. The molecule has 4 nitrogen and oxygen atoms in total. The number of carbonyl (C=O) groups is 2. The van der Waals surface area contributed by atoms with Crippen molar-refractivity contribution in [1.82, 2.24) is 0 Å². The summed E-state index contributed by atoms with van der Waals surface area (Å²) in [5.41, 5.74) is 0.420. The Labute approximate surface area is 165 Å². The molecule has 28 heavy (non-hydrogen) atoms. The fourth-order valence-electron chi connectivity index (χ4n) is 6.27. The number of amides is 1. The molecule has 146 valence electrons. The molecule has 1 N–H and O–H groups in total. The van der Waals surface area contributed by atoms with Crippen molar-refractivity contribution in [2.24, 2.45) is 23.2 Å². The zero-order chi connectivity index (χ0) is 19.3. The van der Waals surface area contributed by atoms with Gasteiger partial charge in [-0.05, 0) is 74.7 Å². The molecule has 4 aliphatic carbocycles. The smallest absolute Gasteiger partial charge is 0.312 e. The minimum absolute atomic E-state index is 0.146. The van der Waals surface area contributed by atoms with Crippen molar-refractivity contribution in [3.63, 3.8) is 0 Å². The van der Waals surface area contributed by atoms with Gasteiger partial charge >= 0.3 is 5.97 Å². The van der Waals surface area contributed by atoms with Crippen molar-refractivity contribution < 1.29 is 14.3 Å². The lowest BCUT2D eigenvalue weighted by molar-refractivity contribution is -0.177. The van der Waals surface area contributed by atoms with Crippen molar-refractivity contribution in [3.05, 3.63) is 42.5 Å². The molecule has 0 radical (unpaired) electrons. The van der Waals surface area contributed by atoms with E-state index in [2.05, 4.69) is 5.32 Å². The minimum Gasteiger partial charge on any atom is -0.452 e. The van der Waals surface area contributed by atoms with Crippen LogP contribution in [0, 0.1) is 23.2 Å². The van der Waals surface area contributed by atoms with E-state index in [-0.39, 0.29) is 17.3 Å². The quantitative estimate of drug-likeness (QED) is 0.769. The molecular formula is C24H27NO3. The van der Waals surface area contributed by atoms with Crippen molar-refractivity contribution >= 4 is 28.3 Å². The summed E-state index contributed by atoms with van der Waals surface area (Å²) in [7, 11) is 0. The van der Waals surface area contributed by atoms with Crippen molar-refractivity contribution in [2.45, 2.75) is 51.6 Å². The Morgan fingerprint density at radius 2 is 1.57 bits per heavy atom. The first-order valence-electron chi connectivity index (χ1n) is 10.5. The van der Waals surface area contributed by atoms with Crippen LogP contribution in [0.4, 0.5) is 5.69 Å². The summed E-state index contributed by atoms with van der Waals surface area (Å²) in [5.74, 6) is 1.62. The Morgan fingerprint density at radius 1 is 0.964 bits per heavy atom. The van der Waals surface area contributed by atoms with Gasteiger partial charge in [0.1, 0.15) is 0 Å². The number of hydrogen-bond acceptors (Lipinski definition) is 3. The van der Waals surface area contributed by atoms with Gasteiger partial charge < -0.3 is 10.1 Å². The Balaban J connectivity index is 1.28. The summed E-state index contributed by atoms with van der Waals surface area (Å²) in [4.78, 5) is 25.8. The van der Waals surface area contributed by atoms with Gasteiger partial charge in [0, 0.05) is 11.1 Å². The average molecular weight is 377 g/mol. The molecule has 0 spiro atoms. The van der Waals surface area contributed by atoms with Gasteiger partial charge in [-0.3, -0.25) is 9.59 Å². The summed E-state index contributed by atoms with van der Waals surface area (Å²) in [6.45, 7) is 1.68. The normalized spacial score (nSPS) is 31.5. The molecule has 2 aromatic rings. The van der Waals surface area contributed by atoms with Crippen LogP contribution in [0.25, 0.3) is 10.8 Å². The monoisotopic (exact) mass is 377 g/mol. The van der Waals surface area contributed by atoms with Gasteiger partial charge in [0.05, 0.1) is 5.41 Å². The van der Waals surface area contributed by atoms with E-state index in [0.717, 1.165) is 35.7 Å². The van der Waals surface area contributed by atoms with Gasteiger partial charge in [-0.25, -0.2) is 0 Å². The maximum absolute atomic E-state index is 13.1. The highest BCUT2D eigenvalue weighted by Crippen LogP contribution is 2.60. The molecule has 4 saturated carbocycles. The molecule has 4 bridgehead atoms. The number of benzene rings is 2. The van der Waals surface area contributed by atoms with Gasteiger partial charge in [-0.1, -0.05) is 36.4 Å². The predicted octanol–water partition coefficient (Wildman–Crippen LogP) is 4.93. The van der Waals surface area contributed by atoms with Crippen LogP contribution in [0.1, 0.15) is 45.4 Å². The number of nitrogens with one attached hydrogen (secondary N) is 1. The number of anilines is 1. The third-order valence-electron chi connectivity index (χ3n) is 7.17. The molecule has 2 aromatic carbocycles. The largest absolute Gasteiger partial charge is 0.452 e. The SMILES string of the molecule is C[C@H](OC(=O)C12CC3CC(CC(C3)C1)C2)C(=O)Nc1cccc2ccccc12. The molecule has 0 heterocycles. The second-order valence-corrected chi connectivity index (χ2v) is 9.26. The van der Waals surface area contributed by atoms with Crippen LogP contribution in [0.5, 0.6) is 0 Å². The van der Waals surface area contributed by atoms with E-state index < -0.39 is 6.10 Å².